The molecule has 0 aliphatic heterocycles. The molecule has 0 N–H and O–H groups in total. The third kappa shape index (κ3) is 3.30. The van der Waals surface area contributed by atoms with Crippen molar-refractivity contribution in [2.75, 3.05) is 0 Å². The Morgan fingerprint density at radius 3 is 1.76 bits per heavy atom. The van der Waals surface area contributed by atoms with Crippen LogP contribution in [0.15, 0.2) is 150 Å². The Balaban J connectivity index is 1.47. The monoisotopic (exact) mass is 520 g/mol. The molecule has 190 valence electrons. The Kier molecular flexibility index (Phi) is 4.67. The van der Waals surface area contributed by atoms with Crippen molar-refractivity contribution in [2.24, 2.45) is 0 Å². The summed E-state index contributed by atoms with van der Waals surface area (Å²) in [6, 6.07) is 52.7. The highest BCUT2D eigenvalue weighted by Gasteiger charge is 2.19. The minimum absolute atomic E-state index is 0.918. The van der Waals surface area contributed by atoms with E-state index < -0.39 is 0 Å². The van der Waals surface area contributed by atoms with Gasteiger partial charge in [0.15, 0.2) is 0 Å². The van der Waals surface area contributed by atoms with E-state index in [0.29, 0.717) is 0 Å². The van der Waals surface area contributed by atoms with Gasteiger partial charge in [0, 0.05) is 10.8 Å². The number of benzene rings is 8. The van der Waals surface area contributed by atoms with Crippen LogP contribution in [0.4, 0.5) is 0 Å². The molecule has 0 spiro atoms. The summed E-state index contributed by atoms with van der Waals surface area (Å²) in [5.41, 5.74) is 6.83. The number of hydrogen-bond donors (Lipinski definition) is 0. The van der Waals surface area contributed by atoms with Crippen LogP contribution in [0.5, 0.6) is 0 Å². The van der Waals surface area contributed by atoms with Gasteiger partial charge in [0.25, 0.3) is 0 Å². The summed E-state index contributed by atoms with van der Waals surface area (Å²) in [4.78, 5) is 0. The number of rotatable bonds is 2. The molecule has 9 rings (SSSR count). The van der Waals surface area contributed by atoms with Crippen molar-refractivity contribution in [1.82, 2.24) is 0 Å². The largest absolute Gasteiger partial charge is 0.456 e. The van der Waals surface area contributed by atoms with Gasteiger partial charge in [0.1, 0.15) is 11.2 Å². The maximum atomic E-state index is 6.20. The first kappa shape index (κ1) is 22.4. The zero-order valence-corrected chi connectivity index (χ0v) is 22.3. The molecule has 0 amide bonds. The normalized spacial score (nSPS) is 11.9. The van der Waals surface area contributed by atoms with E-state index in [1.165, 1.54) is 65.3 Å². The van der Waals surface area contributed by atoms with Crippen LogP contribution >= 0.6 is 0 Å². The van der Waals surface area contributed by atoms with E-state index in [-0.39, 0.29) is 0 Å². The summed E-state index contributed by atoms with van der Waals surface area (Å²) in [7, 11) is 0. The molecule has 0 aliphatic rings. The molecular weight excluding hydrogens is 496 g/mol. The lowest BCUT2D eigenvalue weighted by atomic mass is 9.83. The van der Waals surface area contributed by atoms with E-state index >= 15 is 0 Å². The van der Waals surface area contributed by atoms with E-state index in [0.717, 1.165) is 21.9 Å². The van der Waals surface area contributed by atoms with Crippen molar-refractivity contribution >= 4 is 65.0 Å². The number of furan rings is 1. The van der Waals surface area contributed by atoms with E-state index in [9.17, 15) is 0 Å². The lowest BCUT2D eigenvalue weighted by Crippen LogP contribution is -1.92. The fourth-order valence-electron chi connectivity index (χ4n) is 6.79. The first-order chi connectivity index (χ1) is 20.3. The van der Waals surface area contributed by atoms with Gasteiger partial charge in [-0.2, -0.15) is 0 Å². The Labute approximate surface area is 236 Å². The standard InChI is InChI=1S/C40H24O/c1-2-11-27-23-28(18-17-25(27)9-1)38-32-14-5-6-15-33(32)39(40-30-12-4-3-10-26(30)19-21-34(38)40)29-20-22-37-35(24-29)31-13-7-8-16-36(31)41-37/h1-24H. The van der Waals surface area contributed by atoms with Crippen LogP contribution in [-0.2, 0) is 0 Å². The van der Waals surface area contributed by atoms with Crippen molar-refractivity contribution in [1.29, 1.82) is 0 Å². The molecule has 1 nitrogen and oxygen atoms in total. The quantitative estimate of drug-likeness (QED) is 0.163. The van der Waals surface area contributed by atoms with E-state index in [1.807, 2.05) is 12.1 Å². The third-order valence-corrected chi connectivity index (χ3v) is 8.62. The second-order valence-electron chi connectivity index (χ2n) is 10.9. The highest BCUT2D eigenvalue weighted by Crippen LogP contribution is 2.47. The molecule has 0 bridgehead atoms. The molecule has 0 radical (unpaired) electrons. The minimum atomic E-state index is 0.918. The molecule has 8 aromatic carbocycles. The van der Waals surface area contributed by atoms with Crippen molar-refractivity contribution in [3.8, 4) is 22.3 Å². The topological polar surface area (TPSA) is 13.1 Å². The molecule has 0 atom stereocenters. The van der Waals surface area contributed by atoms with Crippen molar-refractivity contribution in [3.05, 3.63) is 146 Å². The van der Waals surface area contributed by atoms with Gasteiger partial charge in [0.2, 0.25) is 0 Å². The van der Waals surface area contributed by atoms with Gasteiger partial charge >= 0.3 is 0 Å². The number of hydrogen-bond acceptors (Lipinski definition) is 1. The van der Waals surface area contributed by atoms with E-state index in [1.54, 1.807) is 0 Å². The van der Waals surface area contributed by atoms with Crippen LogP contribution in [0.3, 0.4) is 0 Å². The van der Waals surface area contributed by atoms with Gasteiger partial charge in [0.05, 0.1) is 0 Å². The van der Waals surface area contributed by atoms with Crippen LogP contribution < -0.4 is 0 Å². The lowest BCUT2D eigenvalue weighted by Gasteiger charge is -2.19. The summed E-state index contributed by atoms with van der Waals surface area (Å²) in [6.45, 7) is 0. The van der Waals surface area contributed by atoms with Gasteiger partial charge in [-0.25, -0.2) is 0 Å². The molecule has 1 heterocycles. The average molecular weight is 521 g/mol. The highest BCUT2D eigenvalue weighted by molar-refractivity contribution is 6.28. The van der Waals surface area contributed by atoms with Gasteiger partial charge in [-0.15, -0.1) is 0 Å². The Morgan fingerprint density at radius 1 is 0.317 bits per heavy atom. The maximum Gasteiger partial charge on any atom is 0.135 e. The zero-order chi connectivity index (χ0) is 26.9. The molecule has 0 unspecified atom stereocenters. The Hall–Kier alpha value is -5.40. The second kappa shape index (κ2) is 8.55. The number of para-hydroxylation sites is 1. The molecule has 41 heavy (non-hydrogen) atoms. The summed E-state index contributed by atoms with van der Waals surface area (Å²) in [6.07, 6.45) is 0. The van der Waals surface area contributed by atoms with Crippen molar-refractivity contribution in [3.63, 3.8) is 0 Å². The minimum Gasteiger partial charge on any atom is -0.456 e. The fourth-order valence-corrected chi connectivity index (χ4v) is 6.79. The molecular formula is C40H24O. The van der Waals surface area contributed by atoms with Crippen LogP contribution in [0.25, 0.3) is 87.3 Å². The Morgan fingerprint density at radius 2 is 0.902 bits per heavy atom. The zero-order valence-electron chi connectivity index (χ0n) is 22.3. The molecule has 0 aliphatic carbocycles. The van der Waals surface area contributed by atoms with Crippen LogP contribution in [0, 0.1) is 0 Å². The van der Waals surface area contributed by atoms with E-state index in [2.05, 4.69) is 133 Å². The van der Waals surface area contributed by atoms with Gasteiger partial charge in [-0.1, -0.05) is 121 Å². The van der Waals surface area contributed by atoms with Crippen LogP contribution in [0.1, 0.15) is 0 Å². The fraction of sp³-hybridized carbons (Fsp3) is 0. The molecule has 1 aromatic heterocycles. The van der Waals surface area contributed by atoms with Crippen LogP contribution in [0.2, 0.25) is 0 Å². The summed E-state index contributed by atoms with van der Waals surface area (Å²) in [5, 5.41) is 12.4. The molecule has 9 aromatic rings. The number of fused-ring (bicyclic) bond motifs is 8. The first-order valence-corrected chi connectivity index (χ1v) is 14.1. The summed E-state index contributed by atoms with van der Waals surface area (Å²) >= 11 is 0. The predicted octanol–water partition coefficient (Wildman–Crippen LogP) is 11.5. The Bertz CT molecular complexity index is 2480. The lowest BCUT2D eigenvalue weighted by molar-refractivity contribution is 0.669. The SMILES string of the molecule is c1ccc2cc(-c3c4ccccc4c(-c4ccc5oc6ccccc6c5c4)c4c3ccc3ccccc34)ccc2c1. The third-order valence-electron chi connectivity index (χ3n) is 8.62. The second-order valence-corrected chi connectivity index (χ2v) is 10.9. The van der Waals surface area contributed by atoms with Gasteiger partial charge in [-0.05, 0) is 89.6 Å². The van der Waals surface area contributed by atoms with Gasteiger partial charge < -0.3 is 4.42 Å². The first-order valence-electron chi connectivity index (χ1n) is 14.1. The average Bonchev–Trinajstić information content (AvgIpc) is 3.41. The van der Waals surface area contributed by atoms with Crippen LogP contribution in [-0.4, -0.2) is 0 Å². The van der Waals surface area contributed by atoms with E-state index in [4.69, 9.17) is 4.42 Å². The molecule has 0 saturated carbocycles. The predicted molar refractivity (Wildman–Crippen MR) is 175 cm³/mol. The summed E-state index contributed by atoms with van der Waals surface area (Å²) in [5.74, 6) is 0. The molecule has 0 fully saturated rings. The molecule has 0 saturated heterocycles. The smallest absolute Gasteiger partial charge is 0.135 e. The molecule has 1 heteroatoms. The van der Waals surface area contributed by atoms with Gasteiger partial charge in [-0.3, -0.25) is 0 Å². The van der Waals surface area contributed by atoms with Crippen molar-refractivity contribution in [2.45, 2.75) is 0 Å². The maximum absolute atomic E-state index is 6.20. The summed E-state index contributed by atoms with van der Waals surface area (Å²) < 4.78 is 6.20. The van der Waals surface area contributed by atoms with Crippen molar-refractivity contribution < 1.29 is 4.42 Å². The highest BCUT2D eigenvalue weighted by atomic mass is 16.3.